The average molecular weight is 302 g/mol. The topological polar surface area (TPSA) is 38.7 Å². The number of allylic oxidation sites excluding steroid dienone is 1. The van der Waals surface area contributed by atoms with Gasteiger partial charge in [0.2, 0.25) is 0 Å². The van der Waals surface area contributed by atoms with Crippen molar-refractivity contribution >= 4 is 0 Å². The molecule has 0 spiro atoms. The van der Waals surface area contributed by atoms with Gasteiger partial charge in [0, 0.05) is 11.3 Å². The van der Waals surface area contributed by atoms with E-state index in [1.807, 2.05) is 12.1 Å². The van der Waals surface area contributed by atoms with E-state index in [4.69, 9.17) is 9.47 Å². The fourth-order valence-corrected chi connectivity index (χ4v) is 4.38. The highest BCUT2D eigenvalue weighted by Crippen LogP contribution is 2.55. The monoisotopic (exact) mass is 302 g/mol. The van der Waals surface area contributed by atoms with Gasteiger partial charge in [0.05, 0.1) is 26.4 Å². The molecule has 1 fully saturated rings. The third-order valence-corrected chi connectivity index (χ3v) is 5.99. The Balaban J connectivity index is 1.97. The summed E-state index contributed by atoms with van der Waals surface area (Å²) in [4.78, 5) is 0. The predicted octanol–water partition coefficient (Wildman–Crippen LogP) is 3.59. The lowest BCUT2D eigenvalue weighted by atomic mass is 9.56. The Morgan fingerprint density at radius 3 is 2.55 bits per heavy atom. The Labute approximate surface area is 132 Å². The van der Waals surface area contributed by atoms with Gasteiger partial charge in [-0.3, -0.25) is 0 Å². The first-order valence-electron chi connectivity index (χ1n) is 8.08. The maximum absolute atomic E-state index is 10.0. The number of hydrogen-bond donors (Lipinski definition) is 1. The maximum Gasteiger partial charge on any atom is 0.118 e. The zero-order chi connectivity index (χ0) is 15.9. The van der Waals surface area contributed by atoms with Crippen molar-refractivity contribution in [1.29, 1.82) is 0 Å². The minimum absolute atomic E-state index is 0.0596. The lowest BCUT2D eigenvalue weighted by Gasteiger charge is -2.55. The van der Waals surface area contributed by atoms with Gasteiger partial charge in [-0.25, -0.2) is 0 Å². The molecule has 1 aromatic carbocycles. The molecular formula is C19H26O3. The second-order valence-electron chi connectivity index (χ2n) is 6.91. The highest BCUT2D eigenvalue weighted by atomic mass is 16.5. The Morgan fingerprint density at radius 2 is 1.95 bits per heavy atom. The second-order valence-corrected chi connectivity index (χ2v) is 6.91. The van der Waals surface area contributed by atoms with E-state index in [-0.39, 0.29) is 18.1 Å². The number of fused-ring (bicyclic) bond motifs is 2. The van der Waals surface area contributed by atoms with E-state index in [1.54, 1.807) is 7.11 Å². The third kappa shape index (κ3) is 2.19. The molecule has 0 aromatic heterocycles. The maximum atomic E-state index is 10.0. The van der Waals surface area contributed by atoms with E-state index in [9.17, 15) is 5.11 Å². The summed E-state index contributed by atoms with van der Waals surface area (Å²) in [6, 6.07) is 8.16. The average Bonchev–Trinajstić information content (AvgIpc) is 2.53. The number of aliphatic hydroxyl groups excluding tert-OH is 1. The smallest absolute Gasteiger partial charge is 0.118 e. The van der Waals surface area contributed by atoms with E-state index in [1.165, 1.54) is 11.1 Å². The molecule has 0 unspecified atom stereocenters. The molecule has 1 heterocycles. The van der Waals surface area contributed by atoms with Crippen molar-refractivity contribution in [3.05, 3.63) is 41.5 Å². The van der Waals surface area contributed by atoms with Gasteiger partial charge in [-0.2, -0.15) is 0 Å². The molecule has 5 atom stereocenters. The number of rotatable bonds is 3. The Bertz CT molecular complexity index is 563. The van der Waals surface area contributed by atoms with Crippen molar-refractivity contribution in [3.63, 3.8) is 0 Å². The van der Waals surface area contributed by atoms with Gasteiger partial charge >= 0.3 is 0 Å². The minimum Gasteiger partial charge on any atom is -0.497 e. The second kappa shape index (κ2) is 5.71. The lowest BCUT2D eigenvalue weighted by molar-refractivity contribution is -0.165. The molecule has 1 N–H and O–H groups in total. The van der Waals surface area contributed by atoms with Crippen LogP contribution in [-0.2, 0) is 4.74 Å². The molecule has 0 amide bonds. The van der Waals surface area contributed by atoms with Crippen LogP contribution in [0.3, 0.4) is 0 Å². The molecule has 1 aliphatic carbocycles. The summed E-state index contributed by atoms with van der Waals surface area (Å²) in [6.45, 7) is 7.47. The Hall–Kier alpha value is -1.32. The van der Waals surface area contributed by atoms with Crippen LogP contribution in [0.5, 0.6) is 5.75 Å². The summed E-state index contributed by atoms with van der Waals surface area (Å²) in [5, 5.41) is 10.0. The molecule has 0 radical (unpaired) electrons. The quantitative estimate of drug-likeness (QED) is 0.867. The van der Waals surface area contributed by atoms with Crippen molar-refractivity contribution in [1.82, 2.24) is 0 Å². The van der Waals surface area contributed by atoms with Crippen LogP contribution in [0, 0.1) is 23.2 Å². The standard InChI is InChI=1S/C19H26O3/c1-12-9-13(2)19(10-20)11-22-18(17(12)14(19)3)15-5-7-16(21-4)8-6-15/h5-9,13-14,17-18,20H,10-11H2,1-4H3/t13-,14-,17+,18+,19-/m1/s1. The molecule has 2 bridgehead atoms. The summed E-state index contributed by atoms with van der Waals surface area (Å²) >= 11 is 0. The highest BCUT2D eigenvalue weighted by molar-refractivity contribution is 5.32. The molecule has 2 aliphatic rings. The molecule has 1 aromatic rings. The molecule has 120 valence electrons. The van der Waals surface area contributed by atoms with E-state index < -0.39 is 0 Å². The first-order valence-corrected chi connectivity index (χ1v) is 8.08. The summed E-state index contributed by atoms with van der Waals surface area (Å²) < 4.78 is 11.5. The number of benzene rings is 1. The molecule has 22 heavy (non-hydrogen) atoms. The number of methoxy groups -OCH3 is 1. The summed E-state index contributed by atoms with van der Waals surface area (Å²) in [5.74, 6) is 1.94. The number of aliphatic hydroxyl groups is 1. The summed E-state index contributed by atoms with van der Waals surface area (Å²) in [5.41, 5.74) is 2.42. The van der Waals surface area contributed by atoms with E-state index in [2.05, 4.69) is 39.0 Å². The SMILES string of the molecule is COc1ccc([C@@H]2OC[C@]3(CO)[C@H](C)C=C(C)[C@H]2[C@H]3C)cc1. The van der Waals surface area contributed by atoms with Gasteiger partial charge in [0.15, 0.2) is 0 Å². The highest BCUT2D eigenvalue weighted by Gasteiger charge is 2.53. The van der Waals surface area contributed by atoms with E-state index >= 15 is 0 Å². The molecule has 1 saturated heterocycles. The fourth-order valence-electron chi connectivity index (χ4n) is 4.38. The number of ether oxygens (including phenoxy) is 2. The predicted molar refractivity (Wildman–Crippen MR) is 86.8 cm³/mol. The van der Waals surface area contributed by atoms with Crippen molar-refractivity contribution in [2.24, 2.45) is 23.2 Å². The van der Waals surface area contributed by atoms with Crippen LogP contribution in [0.25, 0.3) is 0 Å². The van der Waals surface area contributed by atoms with Crippen LogP contribution in [0.4, 0.5) is 0 Å². The van der Waals surface area contributed by atoms with Crippen molar-refractivity contribution < 1.29 is 14.6 Å². The molecule has 3 nitrogen and oxygen atoms in total. The van der Waals surface area contributed by atoms with Crippen LogP contribution in [0.2, 0.25) is 0 Å². The van der Waals surface area contributed by atoms with E-state index in [0.29, 0.717) is 24.4 Å². The van der Waals surface area contributed by atoms with Gasteiger partial charge in [-0.05, 0) is 36.5 Å². The first-order chi connectivity index (χ1) is 10.5. The zero-order valence-electron chi connectivity index (χ0n) is 13.9. The molecular weight excluding hydrogens is 276 g/mol. The van der Waals surface area contributed by atoms with Crippen molar-refractivity contribution in [2.75, 3.05) is 20.3 Å². The normalized spacial score (nSPS) is 37.6. The van der Waals surface area contributed by atoms with Gasteiger partial charge < -0.3 is 14.6 Å². The van der Waals surface area contributed by atoms with Gasteiger partial charge in [0.1, 0.15) is 5.75 Å². The fraction of sp³-hybridized carbons (Fsp3) is 0.579. The van der Waals surface area contributed by atoms with Crippen molar-refractivity contribution in [2.45, 2.75) is 26.9 Å². The number of hydrogen-bond acceptors (Lipinski definition) is 3. The summed E-state index contributed by atoms with van der Waals surface area (Å²) in [7, 11) is 1.68. The van der Waals surface area contributed by atoms with Crippen LogP contribution in [-0.4, -0.2) is 25.4 Å². The lowest BCUT2D eigenvalue weighted by Crippen LogP contribution is -2.53. The Morgan fingerprint density at radius 1 is 1.27 bits per heavy atom. The van der Waals surface area contributed by atoms with Gasteiger partial charge in [-0.1, -0.05) is 37.6 Å². The minimum atomic E-state index is -0.146. The summed E-state index contributed by atoms with van der Waals surface area (Å²) in [6.07, 6.45) is 2.39. The van der Waals surface area contributed by atoms with Crippen molar-refractivity contribution in [3.8, 4) is 5.75 Å². The van der Waals surface area contributed by atoms with Gasteiger partial charge in [0.25, 0.3) is 0 Å². The first kappa shape index (κ1) is 15.6. The molecule has 3 rings (SSSR count). The molecule has 3 heteroatoms. The zero-order valence-corrected chi connectivity index (χ0v) is 13.9. The largest absolute Gasteiger partial charge is 0.497 e. The third-order valence-electron chi connectivity index (χ3n) is 5.99. The van der Waals surface area contributed by atoms with Crippen LogP contribution >= 0.6 is 0 Å². The molecule has 1 aliphatic heterocycles. The molecule has 0 saturated carbocycles. The van der Waals surface area contributed by atoms with Crippen LogP contribution in [0.1, 0.15) is 32.4 Å². The van der Waals surface area contributed by atoms with Crippen LogP contribution in [0.15, 0.2) is 35.9 Å². The van der Waals surface area contributed by atoms with Crippen LogP contribution < -0.4 is 4.74 Å². The van der Waals surface area contributed by atoms with Gasteiger partial charge in [-0.15, -0.1) is 0 Å². The Kier molecular flexibility index (Phi) is 4.04. The van der Waals surface area contributed by atoms with E-state index in [0.717, 1.165) is 5.75 Å².